The zero-order valence-corrected chi connectivity index (χ0v) is 15.8. The van der Waals surface area contributed by atoms with Crippen LogP contribution in [0.4, 0.5) is 0 Å². The van der Waals surface area contributed by atoms with E-state index in [1.807, 2.05) is 0 Å². The number of rotatable bonds is 10. The Labute approximate surface area is 127 Å². The zero-order chi connectivity index (χ0) is 15.8. The smallest absolute Gasteiger partial charge is 0.292 e. The maximum absolute atomic E-state index is 12.2. The summed E-state index contributed by atoms with van der Waals surface area (Å²) in [6, 6.07) is 3.34. The number of carbonyl (C=O) groups excluding carboxylic acids is 1. The molecule has 0 rings (SSSR count). The van der Waals surface area contributed by atoms with Crippen molar-refractivity contribution in [1.82, 2.24) is 0 Å². The molecular formula is C17H36O2Si. The van der Waals surface area contributed by atoms with Crippen LogP contribution in [0.25, 0.3) is 0 Å². The van der Waals surface area contributed by atoms with Gasteiger partial charge in [-0.2, -0.15) is 0 Å². The number of unbranched alkanes of at least 4 members (excludes halogenated alkanes) is 1. The maximum Gasteiger partial charge on any atom is 0.292 e. The lowest BCUT2D eigenvalue weighted by Crippen LogP contribution is -2.44. The Balaban J connectivity index is 4.98. The van der Waals surface area contributed by atoms with Gasteiger partial charge in [-0.3, -0.25) is 4.79 Å². The minimum Gasteiger partial charge on any atom is -0.519 e. The molecule has 2 nitrogen and oxygen atoms in total. The maximum atomic E-state index is 12.2. The lowest BCUT2D eigenvalue weighted by Gasteiger charge is -2.35. The quantitative estimate of drug-likeness (QED) is 0.488. The summed E-state index contributed by atoms with van der Waals surface area (Å²) in [5.74, 6) is 1.88. The molecule has 0 aromatic carbocycles. The first-order valence-electron chi connectivity index (χ1n) is 8.42. The summed E-state index contributed by atoms with van der Waals surface area (Å²) in [6.07, 6.45) is 2.61. The van der Waals surface area contributed by atoms with Gasteiger partial charge in [-0.15, -0.1) is 0 Å². The summed E-state index contributed by atoms with van der Waals surface area (Å²) in [7, 11) is -1.95. The van der Waals surface area contributed by atoms with Crippen molar-refractivity contribution >= 4 is 14.3 Å². The summed E-state index contributed by atoms with van der Waals surface area (Å²) in [5.41, 5.74) is 0. The molecule has 0 aliphatic carbocycles. The van der Waals surface area contributed by atoms with Crippen LogP contribution in [-0.4, -0.2) is 14.3 Å². The summed E-state index contributed by atoms with van der Waals surface area (Å²) in [6.45, 7) is 15.6. The molecule has 120 valence electrons. The van der Waals surface area contributed by atoms with Crippen LogP contribution in [0, 0.1) is 17.8 Å². The van der Waals surface area contributed by atoms with Crippen molar-refractivity contribution in [2.24, 2.45) is 17.8 Å². The van der Waals surface area contributed by atoms with Crippen LogP contribution in [-0.2, 0) is 9.22 Å². The van der Waals surface area contributed by atoms with Crippen LogP contribution in [0.3, 0.4) is 0 Å². The molecule has 0 atom stereocenters. The van der Waals surface area contributed by atoms with Crippen molar-refractivity contribution in [3.8, 4) is 0 Å². The van der Waals surface area contributed by atoms with Gasteiger partial charge in [-0.1, -0.05) is 54.9 Å². The van der Waals surface area contributed by atoms with Gasteiger partial charge in [0.05, 0.1) is 0 Å². The third kappa shape index (κ3) is 8.78. The van der Waals surface area contributed by atoms with Gasteiger partial charge in [0.2, 0.25) is 0 Å². The highest BCUT2D eigenvalue weighted by Gasteiger charge is 2.40. The summed E-state index contributed by atoms with van der Waals surface area (Å²) in [5, 5.41) is 0. The van der Waals surface area contributed by atoms with Crippen LogP contribution in [0.1, 0.15) is 67.7 Å². The first-order chi connectivity index (χ1) is 9.20. The second-order valence-corrected chi connectivity index (χ2v) is 11.3. The average Bonchev–Trinajstić information content (AvgIpc) is 2.22. The Kier molecular flexibility index (Phi) is 9.44. The molecule has 0 saturated heterocycles. The van der Waals surface area contributed by atoms with E-state index < -0.39 is 8.32 Å². The topological polar surface area (TPSA) is 26.3 Å². The molecule has 3 heteroatoms. The van der Waals surface area contributed by atoms with E-state index in [0.29, 0.717) is 24.2 Å². The Morgan fingerprint density at radius 1 is 0.900 bits per heavy atom. The van der Waals surface area contributed by atoms with E-state index in [0.717, 1.165) is 31.0 Å². The van der Waals surface area contributed by atoms with Gasteiger partial charge < -0.3 is 4.43 Å². The molecule has 0 spiro atoms. The second-order valence-electron chi connectivity index (χ2n) is 7.55. The van der Waals surface area contributed by atoms with E-state index in [9.17, 15) is 4.79 Å². The minimum atomic E-state index is -1.95. The molecule has 0 N–H and O–H groups in total. The highest BCUT2D eigenvalue weighted by Crippen LogP contribution is 2.33. The van der Waals surface area contributed by atoms with Gasteiger partial charge in [0.25, 0.3) is 14.3 Å². The first kappa shape index (κ1) is 19.7. The van der Waals surface area contributed by atoms with Gasteiger partial charge >= 0.3 is 0 Å². The fraction of sp³-hybridized carbons (Fsp3) is 0.941. The van der Waals surface area contributed by atoms with Gasteiger partial charge in [0.15, 0.2) is 0 Å². The second kappa shape index (κ2) is 9.59. The predicted molar refractivity (Wildman–Crippen MR) is 90.3 cm³/mol. The van der Waals surface area contributed by atoms with Crippen LogP contribution in [0.5, 0.6) is 0 Å². The predicted octanol–water partition coefficient (Wildman–Crippen LogP) is 5.63. The normalized spacial score (nSPS) is 12.5. The van der Waals surface area contributed by atoms with Crippen molar-refractivity contribution in [1.29, 1.82) is 0 Å². The average molecular weight is 301 g/mol. The monoisotopic (exact) mass is 300 g/mol. The molecule has 0 heterocycles. The SMILES string of the molecule is CCCCC(=O)O[Si](CC(C)C)(CC(C)C)CC(C)C. The molecule has 0 fully saturated rings. The molecule has 20 heavy (non-hydrogen) atoms. The van der Waals surface area contributed by atoms with E-state index >= 15 is 0 Å². The number of hydrogen-bond donors (Lipinski definition) is 0. The molecule has 0 aliphatic heterocycles. The van der Waals surface area contributed by atoms with Crippen molar-refractivity contribution in [3.63, 3.8) is 0 Å². The molecule has 0 saturated carbocycles. The standard InChI is InChI=1S/C17H36O2Si/c1-8-9-10-17(18)19-20(11-14(2)3,12-15(4)5)13-16(6)7/h14-16H,8-13H2,1-7H3. The molecule has 0 aromatic heterocycles. The largest absolute Gasteiger partial charge is 0.519 e. The van der Waals surface area contributed by atoms with Crippen LogP contribution < -0.4 is 0 Å². The highest BCUT2D eigenvalue weighted by molar-refractivity contribution is 6.75. The van der Waals surface area contributed by atoms with Crippen molar-refractivity contribution in [2.45, 2.75) is 85.9 Å². The van der Waals surface area contributed by atoms with Crippen molar-refractivity contribution in [3.05, 3.63) is 0 Å². The lowest BCUT2D eigenvalue weighted by molar-refractivity contribution is -0.135. The lowest BCUT2D eigenvalue weighted by atomic mass is 10.2. The highest BCUT2D eigenvalue weighted by atomic mass is 28.4. The van der Waals surface area contributed by atoms with Gasteiger partial charge in [-0.25, -0.2) is 0 Å². The third-order valence-corrected chi connectivity index (χ3v) is 8.75. The fourth-order valence-corrected chi connectivity index (χ4v) is 9.02. The van der Waals surface area contributed by atoms with E-state index in [2.05, 4.69) is 48.5 Å². The number of carbonyl (C=O) groups is 1. The third-order valence-electron chi connectivity index (χ3n) is 3.41. The molecular weight excluding hydrogens is 264 g/mol. The van der Waals surface area contributed by atoms with Crippen LogP contribution in [0.15, 0.2) is 0 Å². The molecule has 0 amide bonds. The Morgan fingerprint density at radius 2 is 1.30 bits per heavy atom. The van der Waals surface area contributed by atoms with E-state index in [1.165, 1.54) is 0 Å². The summed E-state index contributed by atoms with van der Waals surface area (Å²) < 4.78 is 6.17. The van der Waals surface area contributed by atoms with Gasteiger partial charge in [-0.05, 0) is 42.3 Å². The molecule has 0 bridgehead atoms. The Bertz CT molecular complexity index is 246. The summed E-state index contributed by atoms with van der Waals surface area (Å²) >= 11 is 0. The van der Waals surface area contributed by atoms with E-state index in [1.54, 1.807) is 0 Å². The first-order valence-corrected chi connectivity index (χ1v) is 11.0. The molecule has 0 aromatic rings. The van der Waals surface area contributed by atoms with E-state index in [-0.39, 0.29) is 5.97 Å². The van der Waals surface area contributed by atoms with Crippen LogP contribution >= 0.6 is 0 Å². The van der Waals surface area contributed by atoms with Crippen molar-refractivity contribution in [2.75, 3.05) is 0 Å². The molecule has 0 unspecified atom stereocenters. The minimum absolute atomic E-state index is 0.0560. The zero-order valence-electron chi connectivity index (χ0n) is 14.8. The van der Waals surface area contributed by atoms with Gasteiger partial charge in [0.1, 0.15) is 0 Å². The summed E-state index contributed by atoms with van der Waals surface area (Å²) in [4.78, 5) is 12.2. The van der Waals surface area contributed by atoms with Crippen molar-refractivity contribution < 1.29 is 9.22 Å². The van der Waals surface area contributed by atoms with E-state index in [4.69, 9.17) is 4.43 Å². The van der Waals surface area contributed by atoms with Gasteiger partial charge in [0, 0.05) is 6.42 Å². The number of hydrogen-bond acceptors (Lipinski definition) is 2. The molecule has 0 aliphatic rings. The Hall–Kier alpha value is -0.313. The Morgan fingerprint density at radius 3 is 1.60 bits per heavy atom. The fourth-order valence-electron chi connectivity index (χ4n) is 3.22. The molecule has 0 radical (unpaired) electrons. The van der Waals surface area contributed by atoms with Crippen LogP contribution in [0.2, 0.25) is 18.1 Å².